The van der Waals surface area contributed by atoms with Gasteiger partial charge >= 0.3 is 0 Å². The average molecular weight is 219 g/mol. The monoisotopic (exact) mass is 219 g/mol. The molecule has 0 amide bonds. The highest BCUT2D eigenvalue weighted by Crippen LogP contribution is 2.31. The van der Waals surface area contributed by atoms with E-state index in [0.717, 1.165) is 17.4 Å². The number of hydrogen-bond acceptors (Lipinski definition) is 3. The molecule has 0 spiro atoms. The normalized spacial score (nSPS) is 30.0. The number of nitrogens with two attached hydrogens (primary N) is 1. The number of anilines is 2. The zero-order valence-corrected chi connectivity index (χ0v) is 10.1. The van der Waals surface area contributed by atoms with E-state index in [-0.39, 0.29) is 0 Å². The van der Waals surface area contributed by atoms with Crippen LogP contribution in [0.2, 0.25) is 0 Å². The highest BCUT2D eigenvalue weighted by atomic mass is 15.0. The van der Waals surface area contributed by atoms with Crippen molar-refractivity contribution in [3.8, 4) is 0 Å². The van der Waals surface area contributed by atoms with Gasteiger partial charge in [0.25, 0.3) is 0 Å². The summed E-state index contributed by atoms with van der Waals surface area (Å²) in [6.07, 6.45) is 5.66. The average Bonchev–Trinajstić information content (AvgIpc) is 2.25. The number of pyridine rings is 1. The van der Waals surface area contributed by atoms with E-state index in [4.69, 9.17) is 5.73 Å². The van der Waals surface area contributed by atoms with Gasteiger partial charge in [-0.1, -0.05) is 26.7 Å². The standard InChI is InChI=1S/C13H21N3/c1-9-4-3-5-12(10(9)2)16-13-8-11(14)6-7-15-13/h6-10,12H,3-5H2,1-2H3,(H3,14,15,16). The van der Waals surface area contributed by atoms with Gasteiger partial charge in [0, 0.05) is 24.0 Å². The Hall–Kier alpha value is -1.25. The molecule has 1 fully saturated rings. The second-order valence-corrected chi connectivity index (χ2v) is 4.99. The summed E-state index contributed by atoms with van der Waals surface area (Å²) in [6, 6.07) is 4.27. The van der Waals surface area contributed by atoms with Gasteiger partial charge in [0.2, 0.25) is 0 Å². The molecule has 3 N–H and O–H groups in total. The van der Waals surface area contributed by atoms with Crippen LogP contribution in [0.25, 0.3) is 0 Å². The summed E-state index contributed by atoms with van der Waals surface area (Å²) in [5.74, 6) is 2.41. The van der Waals surface area contributed by atoms with Crippen LogP contribution in [-0.4, -0.2) is 11.0 Å². The molecule has 2 rings (SSSR count). The summed E-state index contributed by atoms with van der Waals surface area (Å²) in [7, 11) is 0. The summed E-state index contributed by atoms with van der Waals surface area (Å²) < 4.78 is 0. The van der Waals surface area contributed by atoms with Gasteiger partial charge in [0.15, 0.2) is 0 Å². The van der Waals surface area contributed by atoms with Crippen LogP contribution in [0.3, 0.4) is 0 Å². The van der Waals surface area contributed by atoms with E-state index in [1.165, 1.54) is 19.3 Å². The van der Waals surface area contributed by atoms with E-state index in [1.807, 2.05) is 12.1 Å². The summed E-state index contributed by atoms with van der Waals surface area (Å²) in [4.78, 5) is 4.30. The fourth-order valence-electron chi connectivity index (χ4n) is 2.50. The highest BCUT2D eigenvalue weighted by Gasteiger charge is 2.26. The minimum Gasteiger partial charge on any atom is -0.399 e. The minimum absolute atomic E-state index is 0.540. The third kappa shape index (κ3) is 2.46. The summed E-state index contributed by atoms with van der Waals surface area (Å²) >= 11 is 0. The zero-order chi connectivity index (χ0) is 11.5. The number of nitrogens with one attached hydrogen (secondary N) is 1. The van der Waals surface area contributed by atoms with Gasteiger partial charge in [-0.05, 0) is 24.3 Å². The first kappa shape index (κ1) is 11.2. The molecule has 0 saturated heterocycles. The van der Waals surface area contributed by atoms with E-state index in [0.29, 0.717) is 12.0 Å². The molecule has 0 bridgehead atoms. The highest BCUT2D eigenvalue weighted by molar-refractivity contribution is 5.48. The van der Waals surface area contributed by atoms with Gasteiger partial charge in [-0.2, -0.15) is 0 Å². The van der Waals surface area contributed by atoms with Gasteiger partial charge in [0.05, 0.1) is 0 Å². The molecule has 0 aliphatic heterocycles. The molecule has 3 unspecified atom stereocenters. The van der Waals surface area contributed by atoms with Crippen molar-refractivity contribution >= 4 is 11.5 Å². The molecule has 88 valence electrons. The van der Waals surface area contributed by atoms with Gasteiger partial charge in [-0.15, -0.1) is 0 Å². The van der Waals surface area contributed by atoms with Crippen LogP contribution >= 0.6 is 0 Å². The Kier molecular flexibility index (Phi) is 3.32. The number of hydrogen-bond donors (Lipinski definition) is 2. The van der Waals surface area contributed by atoms with E-state index >= 15 is 0 Å². The Morgan fingerprint density at radius 1 is 1.38 bits per heavy atom. The predicted molar refractivity (Wildman–Crippen MR) is 68.2 cm³/mol. The maximum atomic E-state index is 5.75. The second kappa shape index (κ2) is 4.73. The van der Waals surface area contributed by atoms with Crippen molar-refractivity contribution < 1.29 is 0 Å². The fourth-order valence-corrected chi connectivity index (χ4v) is 2.50. The molecule has 1 aliphatic rings. The minimum atomic E-state index is 0.540. The van der Waals surface area contributed by atoms with E-state index in [2.05, 4.69) is 24.1 Å². The van der Waals surface area contributed by atoms with Crippen LogP contribution in [0.5, 0.6) is 0 Å². The quantitative estimate of drug-likeness (QED) is 0.804. The van der Waals surface area contributed by atoms with Crippen molar-refractivity contribution in [3.05, 3.63) is 18.3 Å². The van der Waals surface area contributed by atoms with Crippen LogP contribution in [-0.2, 0) is 0 Å². The Morgan fingerprint density at radius 2 is 2.19 bits per heavy atom. The molecule has 3 heteroatoms. The second-order valence-electron chi connectivity index (χ2n) is 4.99. The first-order valence-electron chi connectivity index (χ1n) is 6.15. The lowest BCUT2D eigenvalue weighted by molar-refractivity contribution is 0.253. The first-order valence-corrected chi connectivity index (χ1v) is 6.15. The van der Waals surface area contributed by atoms with Crippen LogP contribution in [0.1, 0.15) is 33.1 Å². The lowest BCUT2D eigenvalue weighted by atomic mass is 9.78. The molecular weight excluding hydrogens is 198 g/mol. The van der Waals surface area contributed by atoms with E-state index in [9.17, 15) is 0 Å². The number of nitrogens with zero attached hydrogens (tertiary/aromatic N) is 1. The first-order chi connectivity index (χ1) is 7.66. The Balaban J connectivity index is 2.03. The van der Waals surface area contributed by atoms with Crippen molar-refractivity contribution in [2.75, 3.05) is 11.1 Å². The molecule has 1 aliphatic carbocycles. The van der Waals surface area contributed by atoms with Crippen molar-refractivity contribution in [1.29, 1.82) is 0 Å². The van der Waals surface area contributed by atoms with Gasteiger partial charge in [-0.3, -0.25) is 0 Å². The Labute approximate surface area is 97.5 Å². The van der Waals surface area contributed by atoms with Crippen LogP contribution in [0.15, 0.2) is 18.3 Å². The Bertz CT molecular complexity index is 351. The van der Waals surface area contributed by atoms with Crippen molar-refractivity contribution in [2.45, 2.75) is 39.2 Å². The molecule has 16 heavy (non-hydrogen) atoms. The topological polar surface area (TPSA) is 50.9 Å². The summed E-state index contributed by atoms with van der Waals surface area (Å²) in [5.41, 5.74) is 6.52. The molecule has 3 atom stereocenters. The van der Waals surface area contributed by atoms with Crippen LogP contribution in [0.4, 0.5) is 11.5 Å². The molecular formula is C13H21N3. The van der Waals surface area contributed by atoms with Gasteiger partial charge in [-0.25, -0.2) is 4.98 Å². The molecule has 3 nitrogen and oxygen atoms in total. The summed E-state index contributed by atoms with van der Waals surface area (Å²) in [6.45, 7) is 4.67. The fraction of sp³-hybridized carbons (Fsp3) is 0.615. The van der Waals surface area contributed by atoms with Crippen molar-refractivity contribution in [2.24, 2.45) is 11.8 Å². The molecule has 0 aromatic carbocycles. The van der Waals surface area contributed by atoms with Gasteiger partial charge in [0.1, 0.15) is 5.82 Å². The van der Waals surface area contributed by atoms with Crippen molar-refractivity contribution in [1.82, 2.24) is 4.98 Å². The van der Waals surface area contributed by atoms with E-state index < -0.39 is 0 Å². The lowest BCUT2D eigenvalue weighted by Crippen LogP contribution is -2.35. The molecule has 1 aromatic heterocycles. The molecule has 0 radical (unpaired) electrons. The molecule has 1 heterocycles. The largest absolute Gasteiger partial charge is 0.399 e. The lowest BCUT2D eigenvalue weighted by Gasteiger charge is -2.34. The smallest absolute Gasteiger partial charge is 0.128 e. The maximum absolute atomic E-state index is 5.75. The zero-order valence-electron chi connectivity index (χ0n) is 10.1. The van der Waals surface area contributed by atoms with Crippen LogP contribution in [0, 0.1) is 11.8 Å². The molecule has 1 saturated carbocycles. The van der Waals surface area contributed by atoms with Crippen LogP contribution < -0.4 is 11.1 Å². The number of nitrogen functional groups attached to an aromatic ring is 1. The summed E-state index contributed by atoms with van der Waals surface area (Å²) in [5, 5.41) is 3.51. The number of aromatic nitrogens is 1. The van der Waals surface area contributed by atoms with E-state index in [1.54, 1.807) is 6.20 Å². The predicted octanol–water partition coefficient (Wildman–Crippen LogP) is 2.90. The number of rotatable bonds is 2. The Morgan fingerprint density at radius 3 is 2.94 bits per heavy atom. The third-order valence-corrected chi connectivity index (χ3v) is 3.82. The SMILES string of the molecule is CC1CCCC(Nc2cc(N)ccn2)C1C. The van der Waals surface area contributed by atoms with Crippen molar-refractivity contribution in [3.63, 3.8) is 0 Å². The maximum Gasteiger partial charge on any atom is 0.128 e. The third-order valence-electron chi connectivity index (χ3n) is 3.82. The molecule has 1 aromatic rings. The van der Waals surface area contributed by atoms with Gasteiger partial charge < -0.3 is 11.1 Å².